The predicted octanol–water partition coefficient (Wildman–Crippen LogP) is 4.64. The first-order chi connectivity index (χ1) is 18.1. The van der Waals surface area contributed by atoms with E-state index in [9.17, 15) is 9.59 Å². The molecule has 0 aliphatic carbocycles. The SMILES string of the molecule is CCOC(=O)COc1ccc(C=Nn2c(-c3cc4c(OC)cccc4o3)nc3ccccc3c2=O)cc1. The minimum atomic E-state index is -0.438. The lowest BCUT2D eigenvalue weighted by molar-refractivity contribution is -0.145. The first-order valence-corrected chi connectivity index (χ1v) is 11.6. The van der Waals surface area contributed by atoms with Crippen molar-refractivity contribution in [2.75, 3.05) is 20.3 Å². The van der Waals surface area contributed by atoms with Crippen LogP contribution in [0.25, 0.3) is 33.5 Å². The number of aromatic nitrogens is 2. The maximum Gasteiger partial charge on any atom is 0.344 e. The van der Waals surface area contributed by atoms with Crippen LogP contribution in [0, 0.1) is 0 Å². The fourth-order valence-electron chi connectivity index (χ4n) is 3.83. The lowest BCUT2D eigenvalue weighted by Crippen LogP contribution is -2.20. The van der Waals surface area contributed by atoms with Crippen LogP contribution in [0.3, 0.4) is 0 Å². The summed E-state index contributed by atoms with van der Waals surface area (Å²) in [4.78, 5) is 29.6. The number of hydrogen-bond acceptors (Lipinski definition) is 8. The molecule has 0 radical (unpaired) electrons. The van der Waals surface area contributed by atoms with Crippen LogP contribution in [-0.2, 0) is 9.53 Å². The second kappa shape index (κ2) is 10.4. The standard InChI is InChI=1S/C28H23N3O6/c1-3-35-26(32)17-36-19-13-11-18(12-14-19)16-29-31-27(30-22-8-5-4-7-20(22)28(31)33)25-15-21-23(34-2)9-6-10-24(21)37-25/h4-16H,3,17H2,1-2H3. The van der Waals surface area contributed by atoms with Gasteiger partial charge in [0.25, 0.3) is 5.56 Å². The monoisotopic (exact) mass is 497 g/mol. The number of hydrogen-bond donors (Lipinski definition) is 0. The topological polar surface area (TPSA) is 105 Å². The second-order valence-corrected chi connectivity index (χ2v) is 7.96. The number of ether oxygens (including phenoxy) is 3. The third-order valence-electron chi connectivity index (χ3n) is 5.58. The molecular weight excluding hydrogens is 474 g/mol. The Kier molecular flexibility index (Phi) is 6.67. The van der Waals surface area contributed by atoms with Gasteiger partial charge in [-0.15, -0.1) is 0 Å². The van der Waals surface area contributed by atoms with Crippen LogP contribution < -0.4 is 15.0 Å². The van der Waals surface area contributed by atoms with Crippen LogP contribution >= 0.6 is 0 Å². The number of furan rings is 1. The van der Waals surface area contributed by atoms with Crippen molar-refractivity contribution in [3.63, 3.8) is 0 Å². The zero-order valence-electron chi connectivity index (χ0n) is 20.2. The highest BCUT2D eigenvalue weighted by atomic mass is 16.6. The van der Waals surface area contributed by atoms with Crippen LogP contribution in [0.5, 0.6) is 11.5 Å². The molecule has 9 heteroatoms. The Balaban J connectivity index is 1.52. The van der Waals surface area contributed by atoms with Gasteiger partial charge in [-0.1, -0.05) is 18.2 Å². The van der Waals surface area contributed by atoms with Gasteiger partial charge in [0.15, 0.2) is 12.4 Å². The summed E-state index contributed by atoms with van der Waals surface area (Å²) in [6, 6.07) is 21.3. The molecule has 0 saturated heterocycles. The van der Waals surface area contributed by atoms with Crippen molar-refractivity contribution in [3.8, 4) is 23.1 Å². The molecule has 0 aliphatic rings. The quantitative estimate of drug-likeness (QED) is 0.227. The molecule has 0 amide bonds. The molecule has 0 bridgehead atoms. The summed E-state index contributed by atoms with van der Waals surface area (Å²) in [7, 11) is 1.59. The Bertz CT molecular complexity index is 1670. The number of methoxy groups -OCH3 is 1. The van der Waals surface area contributed by atoms with Gasteiger partial charge in [-0.2, -0.15) is 9.78 Å². The molecule has 0 spiro atoms. The molecule has 2 aromatic heterocycles. The summed E-state index contributed by atoms with van der Waals surface area (Å²) in [5.41, 5.74) is 1.51. The maximum atomic E-state index is 13.4. The third-order valence-corrected chi connectivity index (χ3v) is 5.58. The predicted molar refractivity (Wildman–Crippen MR) is 139 cm³/mol. The van der Waals surface area contributed by atoms with E-state index >= 15 is 0 Å². The average molecular weight is 498 g/mol. The van der Waals surface area contributed by atoms with E-state index in [4.69, 9.17) is 23.6 Å². The summed E-state index contributed by atoms with van der Waals surface area (Å²) in [5.74, 6) is 1.35. The summed E-state index contributed by atoms with van der Waals surface area (Å²) >= 11 is 0. The smallest absolute Gasteiger partial charge is 0.344 e. The molecule has 0 fully saturated rings. The highest BCUT2D eigenvalue weighted by Crippen LogP contribution is 2.32. The molecule has 186 valence electrons. The number of nitrogens with zero attached hydrogens (tertiary/aromatic N) is 3. The van der Waals surface area contributed by atoms with Gasteiger partial charge in [-0.25, -0.2) is 9.78 Å². The van der Waals surface area contributed by atoms with E-state index in [1.807, 2.05) is 24.3 Å². The van der Waals surface area contributed by atoms with Gasteiger partial charge in [0.1, 0.15) is 17.1 Å². The second-order valence-electron chi connectivity index (χ2n) is 7.96. The highest BCUT2D eigenvalue weighted by Gasteiger charge is 2.17. The Hall–Kier alpha value is -4.92. The number of rotatable bonds is 8. The van der Waals surface area contributed by atoms with Crippen LogP contribution in [-0.4, -0.2) is 42.2 Å². The van der Waals surface area contributed by atoms with E-state index in [0.29, 0.717) is 45.9 Å². The number of carbonyl (C=O) groups excluding carboxylic acids is 1. The molecule has 9 nitrogen and oxygen atoms in total. The molecule has 0 aliphatic heterocycles. The largest absolute Gasteiger partial charge is 0.496 e. The van der Waals surface area contributed by atoms with E-state index in [-0.39, 0.29) is 18.0 Å². The van der Waals surface area contributed by atoms with E-state index in [1.165, 1.54) is 4.68 Å². The van der Waals surface area contributed by atoms with Gasteiger partial charge in [-0.05, 0) is 67.1 Å². The minimum Gasteiger partial charge on any atom is -0.496 e. The van der Waals surface area contributed by atoms with E-state index in [2.05, 4.69) is 5.10 Å². The van der Waals surface area contributed by atoms with Gasteiger partial charge in [-0.3, -0.25) is 4.79 Å². The number of esters is 1. The fourth-order valence-corrected chi connectivity index (χ4v) is 3.83. The molecule has 5 aromatic rings. The van der Waals surface area contributed by atoms with Gasteiger partial charge < -0.3 is 18.6 Å². The molecule has 3 aromatic carbocycles. The Morgan fingerprint density at radius 1 is 1.05 bits per heavy atom. The third kappa shape index (κ3) is 4.92. The Morgan fingerprint density at radius 2 is 1.86 bits per heavy atom. The number of para-hydroxylation sites is 1. The van der Waals surface area contributed by atoms with Crippen molar-refractivity contribution >= 4 is 34.1 Å². The molecule has 0 N–H and O–H groups in total. The van der Waals surface area contributed by atoms with Crippen molar-refractivity contribution < 1.29 is 23.4 Å². The molecule has 0 unspecified atom stereocenters. The Morgan fingerprint density at radius 3 is 2.65 bits per heavy atom. The van der Waals surface area contributed by atoms with E-state index in [0.717, 1.165) is 5.39 Å². The molecular formula is C28H23N3O6. The van der Waals surface area contributed by atoms with Gasteiger partial charge in [0, 0.05) is 0 Å². The lowest BCUT2D eigenvalue weighted by Gasteiger charge is -2.07. The molecule has 37 heavy (non-hydrogen) atoms. The first-order valence-electron chi connectivity index (χ1n) is 11.6. The van der Waals surface area contributed by atoms with Gasteiger partial charge in [0.05, 0.1) is 36.2 Å². The molecule has 0 saturated carbocycles. The summed E-state index contributed by atoms with van der Waals surface area (Å²) in [6.45, 7) is 1.86. The van der Waals surface area contributed by atoms with Crippen LogP contribution in [0.2, 0.25) is 0 Å². The van der Waals surface area contributed by atoms with Crippen molar-refractivity contribution in [2.24, 2.45) is 5.10 Å². The number of fused-ring (bicyclic) bond motifs is 2. The van der Waals surface area contributed by atoms with Gasteiger partial charge in [0.2, 0.25) is 5.82 Å². The fraction of sp³-hybridized carbons (Fsp3) is 0.143. The van der Waals surface area contributed by atoms with Gasteiger partial charge >= 0.3 is 5.97 Å². The van der Waals surface area contributed by atoms with Crippen LogP contribution in [0.1, 0.15) is 12.5 Å². The summed E-state index contributed by atoms with van der Waals surface area (Å²) in [6.07, 6.45) is 1.54. The minimum absolute atomic E-state index is 0.176. The van der Waals surface area contributed by atoms with Crippen molar-refractivity contribution in [1.82, 2.24) is 9.66 Å². The average Bonchev–Trinajstić information content (AvgIpc) is 3.36. The van der Waals surface area contributed by atoms with Crippen molar-refractivity contribution in [3.05, 3.63) is 88.7 Å². The first kappa shape index (κ1) is 23.8. The van der Waals surface area contributed by atoms with Crippen molar-refractivity contribution in [2.45, 2.75) is 6.92 Å². The Labute approximate surface area is 211 Å². The molecule has 5 rings (SSSR count). The zero-order valence-corrected chi connectivity index (χ0v) is 20.2. The van der Waals surface area contributed by atoms with E-state index < -0.39 is 5.97 Å². The van der Waals surface area contributed by atoms with Crippen LogP contribution in [0.15, 0.2) is 87.1 Å². The normalized spacial score (nSPS) is 11.3. The highest BCUT2D eigenvalue weighted by molar-refractivity contribution is 5.88. The summed E-state index contributed by atoms with van der Waals surface area (Å²) in [5, 5.41) is 5.64. The lowest BCUT2D eigenvalue weighted by atomic mass is 10.2. The molecule has 0 atom stereocenters. The number of benzene rings is 3. The number of carbonyl (C=O) groups is 1. The molecule has 2 heterocycles. The zero-order chi connectivity index (χ0) is 25.8. The van der Waals surface area contributed by atoms with Crippen LogP contribution in [0.4, 0.5) is 0 Å². The van der Waals surface area contributed by atoms with E-state index in [1.54, 1.807) is 68.8 Å². The summed E-state index contributed by atoms with van der Waals surface area (Å²) < 4.78 is 23.0. The van der Waals surface area contributed by atoms with Crippen molar-refractivity contribution in [1.29, 1.82) is 0 Å². The maximum absolute atomic E-state index is 13.4.